The van der Waals surface area contributed by atoms with E-state index in [9.17, 15) is 4.79 Å². The molecule has 3 rings (SSSR count). The number of anilines is 2. The Balaban J connectivity index is 2.04. The highest BCUT2D eigenvalue weighted by Gasteiger charge is 2.26. The summed E-state index contributed by atoms with van der Waals surface area (Å²) in [5, 5.41) is 0. The first-order valence-corrected chi connectivity index (χ1v) is 7.57. The summed E-state index contributed by atoms with van der Waals surface area (Å²) < 4.78 is 10.6. The number of amides is 1. The molecule has 120 valence electrons. The van der Waals surface area contributed by atoms with Gasteiger partial charge in [0.25, 0.3) is 5.91 Å². The van der Waals surface area contributed by atoms with Crippen LogP contribution in [-0.4, -0.2) is 26.7 Å². The number of rotatable bonds is 3. The highest BCUT2D eigenvalue weighted by Crippen LogP contribution is 2.34. The van der Waals surface area contributed by atoms with E-state index in [-0.39, 0.29) is 5.91 Å². The Hall–Kier alpha value is -2.69. The Labute approximate surface area is 135 Å². The van der Waals surface area contributed by atoms with Crippen molar-refractivity contribution in [1.29, 1.82) is 0 Å². The molecule has 23 heavy (non-hydrogen) atoms. The zero-order valence-corrected chi connectivity index (χ0v) is 13.3. The van der Waals surface area contributed by atoms with Crippen molar-refractivity contribution in [3.8, 4) is 11.5 Å². The number of hydrogen-bond donors (Lipinski definition) is 1. The molecule has 1 aliphatic rings. The van der Waals surface area contributed by atoms with Gasteiger partial charge >= 0.3 is 0 Å². The molecule has 0 aromatic heterocycles. The van der Waals surface area contributed by atoms with E-state index in [1.54, 1.807) is 37.3 Å². The molecule has 2 aromatic carbocycles. The van der Waals surface area contributed by atoms with Crippen molar-refractivity contribution < 1.29 is 14.3 Å². The first-order valence-electron chi connectivity index (χ1n) is 7.57. The summed E-state index contributed by atoms with van der Waals surface area (Å²) in [4.78, 5) is 14.8. The molecule has 2 N–H and O–H groups in total. The fraction of sp³-hybridized carbons (Fsp3) is 0.278. The average molecular weight is 312 g/mol. The SMILES string of the molecule is COc1ccc(OC)c(C(=O)N2CCCc3c(N)cccc32)c1. The van der Waals surface area contributed by atoms with Gasteiger partial charge in [0.05, 0.1) is 19.8 Å². The Morgan fingerprint density at radius 3 is 2.74 bits per heavy atom. The Morgan fingerprint density at radius 2 is 2.00 bits per heavy atom. The fourth-order valence-electron chi connectivity index (χ4n) is 2.99. The smallest absolute Gasteiger partial charge is 0.262 e. The molecule has 2 aromatic rings. The number of fused-ring (bicyclic) bond motifs is 1. The summed E-state index contributed by atoms with van der Waals surface area (Å²) in [6.45, 7) is 0.662. The largest absolute Gasteiger partial charge is 0.497 e. The van der Waals surface area contributed by atoms with Gasteiger partial charge in [-0.2, -0.15) is 0 Å². The van der Waals surface area contributed by atoms with Gasteiger partial charge in [0.15, 0.2) is 0 Å². The molecule has 1 amide bonds. The topological polar surface area (TPSA) is 64.8 Å². The van der Waals surface area contributed by atoms with Gasteiger partial charge in [0.1, 0.15) is 11.5 Å². The molecule has 5 heteroatoms. The summed E-state index contributed by atoms with van der Waals surface area (Å²) in [5.74, 6) is 1.05. The minimum atomic E-state index is -0.104. The van der Waals surface area contributed by atoms with Crippen LogP contribution in [0.4, 0.5) is 11.4 Å². The highest BCUT2D eigenvalue weighted by molar-refractivity contribution is 6.09. The van der Waals surface area contributed by atoms with E-state index in [4.69, 9.17) is 15.2 Å². The molecule has 0 saturated carbocycles. The predicted octanol–water partition coefficient (Wildman–Crippen LogP) is 2.88. The summed E-state index contributed by atoms with van der Waals surface area (Å²) in [6.07, 6.45) is 1.78. The van der Waals surface area contributed by atoms with E-state index in [0.717, 1.165) is 29.8 Å². The number of nitrogens with two attached hydrogens (primary N) is 1. The number of benzene rings is 2. The lowest BCUT2D eigenvalue weighted by atomic mass is 9.99. The number of carbonyl (C=O) groups excluding carboxylic acids is 1. The van der Waals surface area contributed by atoms with Crippen molar-refractivity contribution in [3.05, 3.63) is 47.5 Å². The molecular weight excluding hydrogens is 292 g/mol. The molecular formula is C18H20N2O3. The van der Waals surface area contributed by atoms with E-state index < -0.39 is 0 Å². The van der Waals surface area contributed by atoms with Gasteiger partial charge < -0.3 is 20.1 Å². The van der Waals surface area contributed by atoms with Gasteiger partial charge in [-0.25, -0.2) is 0 Å². The first-order chi connectivity index (χ1) is 11.2. The quantitative estimate of drug-likeness (QED) is 0.885. The number of ether oxygens (including phenoxy) is 2. The van der Waals surface area contributed by atoms with Crippen LogP contribution < -0.4 is 20.1 Å². The number of methoxy groups -OCH3 is 2. The lowest BCUT2D eigenvalue weighted by Gasteiger charge is -2.30. The van der Waals surface area contributed by atoms with Crippen molar-refractivity contribution in [2.45, 2.75) is 12.8 Å². The Kier molecular flexibility index (Phi) is 4.10. The van der Waals surface area contributed by atoms with Crippen molar-refractivity contribution in [1.82, 2.24) is 0 Å². The van der Waals surface area contributed by atoms with Crippen molar-refractivity contribution in [3.63, 3.8) is 0 Å². The van der Waals surface area contributed by atoms with Crippen molar-refractivity contribution in [2.24, 2.45) is 0 Å². The highest BCUT2D eigenvalue weighted by atomic mass is 16.5. The number of hydrogen-bond acceptors (Lipinski definition) is 4. The molecule has 0 fully saturated rings. The minimum absolute atomic E-state index is 0.104. The van der Waals surface area contributed by atoms with Crippen LogP contribution in [0.5, 0.6) is 11.5 Å². The zero-order valence-electron chi connectivity index (χ0n) is 13.3. The maximum Gasteiger partial charge on any atom is 0.262 e. The van der Waals surface area contributed by atoms with E-state index >= 15 is 0 Å². The summed E-state index contributed by atoms with van der Waals surface area (Å²) >= 11 is 0. The van der Waals surface area contributed by atoms with Crippen LogP contribution >= 0.6 is 0 Å². The van der Waals surface area contributed by atoms with Crippen LogP contribution in [0, 0.1) is 0 Å². The lowest BCUT2D eigenvalue weighted by molar-refractivity contribution is 0.0982. The van der Waals surface area contributed by atoms with Crippen molar-refractivity contribution in [2.75, 3.05) is 31.4 Å². The van der Waals surface area contributed by atoms with Crippen LogP contribution in [0.15, 0.2) is 36.4 Å². The molecule has 1 aliphatic heterocycles. The molecule has 0 unspecified atom stereocenters. The molecule has 0 spiro atoms. The molecule has 0 saturated heterocycles. The predicted molar refractivity (Wildman–Crippen MR) is 90.4 cm³/mol. The van der Waals surface area contributed by atoms with Gasteiger partial charge in [-0.1, -0.05) is 6.07 Å². The fourth-order valence-corrected chi connectivity index (χ4v) is 2.99. The summed E-state index contributed by atoms with van der Waals surface area (Å²) in [6, 6.07) is 10.9. The third kappa shape index (κ3) is 2.70. The van der Waals surface area contributed by atoms with Crippen LogP contribution in [0.3, 0.4) is 0 Å². The standard InChI is InChI=1S/C18H20N2O3/c1-22-12-8-9-17(23-2)14(11-12)18(21)20-10-4-5-13-15(19)6-3-7-16(13)20/h3,6-9,11H,4-5,10,19H2,1-2H3. The van der Waals surface area contributed by atoms with E-state index in [0.29, 0.717) is 23.6 Å². The molecule has 0 radical (unpaired) electrons. The van der Waals surface area contributed by atoms with Crippen molar-refractivity contribution >= 4 is 17.3 Å². The second kappa shape index (κ2) is 6.20. The zero-order chi connectivity index (χ0) is 16.4. The molecule has 0 atom stereocenters. The van der Waals surface area contributed by atoms with Gasteiger partial charge in [-0.15, -0.1) is 0 Å². The lowest BCUT2D eigenvalue weighted by Crippen LogP contribution is -2.36. The molecule has 1 heterocycles. The van der Waals surface area contributed by atoms with Crippen LogP contribution in [-0.2, 0) is 6.42 Å². The molecule has 5 nitrogen and oxygen atoms in total. The normalized spacial score (nSPS) is 13.4. The van der Waals surface area contributed by atoms with E-state index in [1.165, 1.54) is 0 Å². The minimum Gasteiger partial charge on any atom is -0.497 e. The van der Waals surface area contributed by atoms with Crippen LogP contribution in [0.2, 0.25) is 0 Å². The van der Waals surface area contributed by atoms with Crippen LogP contribution in [0.1, 0.15) is 22.3 Å². The van der Waals surface area contributed by atoms with E-state index in [1.807, 2.05) is 18.2 Å². The second-order valence-corrected chi connectivity index (χ2v) is 5.47. The average Bonchev–Trinajstić information content (AvgIpc) is 2.60. The first kappa shape index (κ1) is 15.2. The summed E-state index contributed by atoms with van der Waals surface area (Å²) in [7, 11) is 3.13. The third-order valence-electron chi connectivity index (χ3n) is 4.17. The third-order valence-corrected chi connectivity index (χ3v) is 4.17. The molecule has 0 bridgehead atoms. The van der Waals surface area contributed by atoms with E-state index in [2.05, 4.69) is 0 Å². The second-order valence-electron chi connectivity index (χ2n) is 5.47. The van der Waals surface area contributed by atoms with Gasteiger partial charge in [-0.05, 0) is 48.7 Å². The Morgan fingerprint density at radius 1 is 1.17 bits per heavy atom. The monoisotopic (exact) mass is 312 g/mol. The van der Waals surface area contributed by atoms with Gasteiger partial charge in [0.2, 0.25) is 0 Å². The molecule has 0 aliphatic carbocycles. The number of nitrogens with zero attached hydrogens (tertiary/aromatic N) is 1. The number of nitrogen functional groups attached to an aromatic ring is 1. The summed E-state index contributed by atoms with van der Waals surface area (Å²) in [5.41, 5.74) is 9.20. The maximum absolute atomic E-state index is 13.1. The Bertz CT molecular complexity index is 743. The van der Waals surface area contributed by atoms with Crippen LogP contribution in [0.25, 0.3) is 0 Å². The maximum atomic E-state index is 13.1. The van der Waals surface area contributed by atoms with Gasteiger partial charge in [0, 0.05) is 17.9 Å². The number of carbonyl (C=O) groups is 1. The van der Waals surface area contributed by atoms with Gasteiger partial charge in [-0.3, -0.25) is 4.79 Å².